The topological polar surface area (TPSA) is 58.0 Å². The molecule has 2 aromatic heterocycles. The molecule has 0 spiro atoms. The molecule has 2 aromatic rings. The van der Waals surface area contributed by atoms with Gasteiger partial charge in [0.2, 0.25) is 0 Å². The molecule has 0 bridgehead atoms. The van der Waals surface area contributed by atoms with E-state index in [1.165, 1.54) is 0 Å². The first-order valence-electron chi connectivity index (χ1n) is 7.19. The molecule has 3 heterocycles. The summed E-state index contributed by atoms with van der Waals surface area (Å²) in [6.45, 7) is 4.07. The highest BCUT2D eigenvalue weighted by Crippen LogP contribution is 2.32. The highest BCUT2D eigenvalue weighted by molar-refractivity contribution is 5.16. The van der Waals surface area contributed by atoms with E-state index in [-0.39, 0.29) is 5.92 Å². The summed E-state index contributed by atoms with van der Waals surface area (Å²) in [5.74, 6) is 0.789. The normalized spacial score (nSPS) is 20.5. The number of hydrogen-bond donors (Lipinski definition) is 1. The van der Waals surface area contributed by atoms with Crippen LogP contribution in [-0.2, 0) is 12.7 Å². The van der Waals surface area contributed by atoms with Gasteiger partial charge in [-0.1, -0.05) is 5.16 Å². The molecule has 1 fully saturated rings. The fraction of sp³-hybridized carbons (Fsp3) is 0.571. The van der Waals surface area contributed by atoms with Gasteiger partial charge in [0.15, 0.2) is 5.69 Å². The summed E-state index contributed by atoms with van der Waals surface area (Å²) in [7, 11) is 0. The third-order valence-corrected chi connectivity index (χ3v) is 3.90. The number of likely N-dealkylation sites (tertiary alicyclic amines) is 1. The Morgan fingerprint density at radius 3 is 2.86 bits per heavy atom. The van der Waals surface area contributed by atoms with Crippen molar-refractivity contribution in [1.29, 1.82) is 0 Å². The van der Waals surface area contributed by atoms with E-state index in [4.69, 9.17) is 4.52 Å². The zero-order valence-electron chi connectivity index (χ0n) is 12.2. The summed E-state index contributed by atoms with van der Waals surface area (Å²) in [4.78, 5) is 2.18. The number of H-pyrrole nitrogens is 1. The zero-order valence-corrected chi connectivity index (χ0v) is 12.2. The lowest BCUT2D eigenvalue weighted by atomic mass is 9.94. The Bertz CT molecular complexity index is 634. The Balaban J connectivity index is 1.66. The average molecular weight is 314 g/mol. The van der Waals surface area contributed by atoms with Crippen molar-refractivity contribution in [3.05, 3.63) is 35.0 Å². The quantitative estimate of drug-likeness (QED) is 0.946. The van der Waals surface area contributed by atoms with Crippen molar-refractivity contribution in [3.8, 4) is 0 Å². The van der Waals surface area contributed by atoms with Crippen molar-refractivity contribution in [2.75, 3.05) is 13.1 Å². The van der Waals surface area contributed by atoms with Crippen LogP contribution in [0, 0.1) is 6.92 Å². The monoisotopic (exact) mass is 314 g/mol. The van der Waals surface area contributed by atoms with Crippen LogP contribution >= 0.6 is 0 Å². The molecule has 0 aliphatic carbocycles. The molecule has 0 unspecified atom stereocenters. The second-order valence-corrected chi connectivity index (χ2v) is 5.71. The Kier molecular flexibility index (Phi) is 3.94. The van der Waals surface area contributed by atoms with E-state index in [9.17, 15) is 13.2 Å². The maximum absolute atomic E-state index is 12.6. The van der Waals surface area contributed by atoms with Crippen LogP contribution in [0.3, 0.4) is 0 Å². The molecule has 8 heteroatoms. The standard InChI is InChI=1S/C14H17F3N4O/c1-9-5-11(20-22-9)8-21-4-2-3-10(7-21)12-6-13(19-18-12)14(15,16)17/h5-6,10H,2-4,7-8H2,1H3,(H,18,19)/t10-/m0/s1. The minimum Gasteiger partial charge on any atom is -0.361 e. The van der Waals surface area contributed by atoms with Crippen molar-refractivity contribution in [2.45, 2.75) is 38.4 Å². The third kappa shape index (κ3) is 3.32. The third-order valence-electron chi connectivity index (χ3n) is 3.90. The van der Waals surface area contributed by atoms with E-state index in [1.54, 1.807) is 0 Å². The smallest absolute Gasteiger partial charge is 0.361 e. The fourth-order valence-corrected chi connectivity index (χ4v) is 2.87. The molecule has 1 aliphatic rings. The van der Waals surface area contributed by atoms with Crippen LogP contribution in [0.2, 0.25) is 0 Å². The van der Waals surface area contributed by atoms with Crippen LogP contribution in [0.25, 0.3) is 0 Å². The first-order valence-corrected chi connectivity index (χ1v) is 7.19. The summed E-state index contributed by atoms with van der Waals surface area (Å²) in [5, 5.41) is 9.88. The van der Waals surface area contributed by atoms with E-state index >= 15 is 0 Å². The SMILES string of the molecule is Cc1cc(CN2CCC[C@H](c3cc(C(F)(F)F)n[nH]3)C2)no1. The van der Waals surface area contributed by atoms with E-state index in [0.717, 1.165) is 36.9 Å². The Morgan fingerprint density at radius 1 is 1.41 bits per heavy atom. The summed E-state index contributed by atoms with van der Waals surface area (Å²) >= 11 is 0. The van der Waals surface area contributed by atoms with E-state index in [2.05, 4.69) is 20.3 Å². The molecule has 0 amide bonds. The lowest BCUT2D eigenvalue weighted by molar-refractivity contribution is -0.141. The van der Waals surface area contributed by atoms with Gasteiger partial charge < -0.3 is 4.52 Å². The molecular weight excluding hydrogens is 297 g/mol. The molecule has 5 nitrogen and oxygen atoms in total. The number of rotatable bonds is 3. The Morgan fingerprint density at radius 2 is 2.23 bits per heavy atom. The van der Waals surface area contributed by atoms with Gasteiger partial charge in [-0.3, -0.25) is 10.00 Å². The number of halogens is 3. The van der Waals surface area contributed by atoms with Gasteiger partial charge in [-0.15, -0.1) is 0 Å². The maximum Gasteiger partial charge on any atom is 0.435 e. The summed E-state index contributed by atoms with van der Waals surface area (Å²) in [6.07, 6.45) is -2.61. The van der Waals surface area contributed by atoms with Gasteiger partial charge in [0, 0.05) is 30.8 Å². The Hall–Kier alpha value is -1.83. The van der Waals surface area contributed by atoms with Gasteiger partial charge in [0.05, 0.1) is 5.69 Å². The van der Waals surface area contributed by atoms with Gasteiger partial charge >= 0.3 is 6.18 Å². The maximum atomic E-state index is 12.6. The van der Waals surface area contributed by atoms with Gasteiger partial charge in [-0.05, 0) is 32.4 Å². The second-order valence-electron chi connectivity index (χ2n) is 5.71. The van der Waals surface area contributed by atoms with Crippen LogP contribution in [0.4, 0.5) is 13.2 Å². The molecular formula is C14H17F3N4O. The molecule has 0 aromatic carbocycles. The molecule has 1 N–H and O–H groups in total. The largest absolute Gasteiger partial charge is 0.435 e. The molecule has 1 saturated heterocycles. The molecule has 0 saturated carbocycles. The summed E-state index contributed by atoms with van der Waals surface area (Å²) in [6, 6.07) is 3.00. The Labute approximate surface area is 125 Å². The molecule has 22 heavy (non-hydrogen) atoms. The second kappa shape index (κ2) is 5.75. The van der Waals surface area contributed by atoms with Crippen molar-refractivity contribution in [2.24, 2.45) is 0 Å². The fourth-order valence-electron chi connectivity index (χ4n) is 2.87. The van der Waals surface area contributed by atoms with Crippen molar-refractivity contribution in [3.63, 3.8) is 0 Å². The van der Waals surface area contributed by atoms with Crippen molar-refractivity contribution in [1.82, 2.24) is 20.3 Å². The zero-order chi connectivity index (χ0) is 15.7. The average Bonchev–Trinajstić information content (AvgIpc) is 3.08. The van der Waals surface area contributed by atoms with Crippen LogP contribution in [0.5, 0.6) is 0 Å². The number of aromatic nitrogens is 3. The van der Waals surface area contributed by atoms with Crippen LogP contribution < -0.4 is 0 Å². The number of piperidine rings is 1. The van der Waals surface area contributed by atoms with Gasteiger partial charge in [-0.25, -0.2) is 0 Å². The van der Waals surface area contributed by atoms with Gasteiger partial charge in [0.25, 0.3) is 0 Å². The lowest BCUT2D eigenvalue weighted by Crippen LogP contribution is -2.34. The lowest BCUT2D eigenvalue weighted by Gasteiger charge is -2.31. The highest BCUT2D eigenvalue weighted by Gasteiger charge is 2.35. The molecule has 1 atom stereocenters. The van der Waals surface area contributed by atoms with E-state index in [1.807, 2.05) is 13.0 Å². The van der Waals surface area contributed by atoms with E-state index in [0.29, 0.717) is 18.8 Å². The minimum absolute atomic E-state index is 0.0327. The van der Waals surface area contributed by atoms with Gasteiger partial charge in [0.1, 0.15) is 5.76 Å². The summed E-state index contributed by atoms with van der Waals surface area (Å²) < 4.78 is 42.9. The molecule has 120 valence electrons. The molecule has 0 radical (unpaired) electrons. The van der Waals surface area contributed by atoms with Crippen LogP contribution in [0.1, 0.15) is 41.6 Å². The van der Waals surface area contributed by atoms with Crippen LogP contribution in [0.15, 0.2) is 16.7 Å². The van der Waals surface area contributed by atoms with Crippen molar-refractivity contribution < 1.29 is 17.7 Å². The number of aryl methyl sites for hydroxylation is 1. The number of alkyl halides is 3. The highest BCUT2D eigenvalue weighted by atomic mass is 19.4. The van der Waals surface area contributed by atoms with Gasteiger partial charge in [-0.2, -0.15) is 18.3 Å². The molecule has 1 aliphatic heterocycles. The number of aromatic amines is 1. The first kappa shape index (κ1) is 15.1. The van der Waals surface area contributed by atoms with Crippen LogP contribution in [-0.4, -0.2) is 33.3 Å². The molecule has 3 rings (SSSR count). The van der Waals surface area contributed by atoms with E-state index < -0.39 is 11.9 Å². The number of nitrogens with zero attached hydrogens (tertiary/aromatic N) is 3. The predicted molar refractivity (Wildman–Crippen MR) is 72.1 cm³/mol. The summed E-state index contributed by atoms with van der Waals surface area (Å²) in [5.41, 5.74) is 0.541. The minimum atomic E-state index is -4.40. The number of hydrogen-bond acceptors (Lipinski definition) is 4. The number of nitrogens with one attached hydrogen (secondary N) is 1. The predicted octanol–water partition coefficient (Wildman–Crippen LogP) is 3.10. The first-order chi connectivity index (χ1) is 10.4. The van der Waals surface area contributed by atoms with Crippen molar-refractivity contribution >= 4 is 0 Å².